The van der Waals surface area contributed by atoms with Crippen LogP contribution in [0.4, 0.5) is 11.4 Å². The second-order valence-electron chi connectivity index (χ2n) is 4.65. The minimum absolute atomic E-state index is 0.0644. The molecular formula is C15H15ClN4O3S. The maximum atomic E-state index is 11.7. The van der Waals surface area contributed by atoms with Crippen molar-refractivity contribution >= 4 is 40.6 Å². The summed E-state index contributed by atoms with van der Waals surface area (Å²) in [6.45, 7) is 0.868. The highest BCUT2D eigenvalue weighted by Crippen LogP contribution is 2.26. The SMILES string of the molecule is O=C(CSc1ccccn1)NCCNc1ccc([N+](=O)[O-])cc1Cl. The van der Waals surface area contributed by atoms with Crippen molar-refractivity contribution in [2.24, 2.45) is 0 Å². The lowest BCUT2D eigenvalue weighted by atomic mass is 10.3. The van der Waals surface area contributed by atoms with Crippen LogP contribution in [0.2, 0.25) is 5.02 Å². The molecular weight excluding hydrogens is 352 g/mol. The molecule has 0 aliphatic carbocycles. The Hall–Kier alpha value is -2.32. The van der Waals surface area contributed by atoms with Gasteiger partial charge in [0.05, 0.1) is 26.4 Å². The predicted octanol–water partition coefficient (Wildman–Crippen LogP) is 2.96. The fourth-order valence-electron chi connectivity index (χ4n) is 1.78. The maximum Gasteiger partial charge on any atom is 0.271 e. The summed E-state index contributed by atoms with van der Waals surface area (Å²) in [4.78, 5) is 26.0. The van der Waals surface area contributed by atoms with Crippen LogP contribution in [0.5, 0.6) is 0 Å². The Morgan fingerprint density at radius 3 is 2.79 bits per heavy atom. The van der Waals surface area contributed by atoms with E-state index in [2.05, 4.69) is 15.6 Å². The number of aromatic nitrogens is 1. The summed E-state index contributed by atoms with van der Waals surface area (Å²) >= 11 is 7.33. The highest BCUT2D eigenvalue weighted by molar-refractivity contribution is 7.99. The van der Waals surface area contributed by atoms with E-state index in [4.69, 9.17) is 11.6 Å². The van der Waals surface area contributed by atoms with E-state index < -0.39 is 4.92 Å². The molecule has 0 aliphatic heterocycles. The van der Waals surface area contributed by atoms with E-state index in [0.717, 1.165) is 5.03 Å². The first-order valence-corrected chi connectivity index (χ1v) is 8.41. The largest absolute Gasteiger partial charge is 0.382 e. The number of pyridine rings is 1. The molecule has 7 nitrogen and oxygen atoms in total. The van der Waals surface area contributed by atoms with Crippen LogP contribution >= 0.6 is 23.4 Å². The molecule has 1 aromatic heterocycles. The van der Waals surface area contributed by atoms with Crippen molar-refractivity contribution in [3.05, 3.63) is 57.7 Å². The summed E-state index contributed by atoms with van der Waals surface area (Å²) in [5.74, 6) is 0.192. The molecule has 126 valence electrons. The van der Waals surface area contributed by atoms with Crippen LogP contribution in [-0.2, 0) is 4.79 Å². The lowest BCUT2D eigenvalue weighted by molar-refractivity contribution is -0.384. The third-order valence-electron chi connectivity index (χ3n) is 2.92. The van der Waals surface area contributed by atoms with Gasteiger partial charge in [0.15, 0.2) is 0 Å². The number of hydrogen-bond acceptors (Lipinski definition) is 6. The molecule has 9 heteroatoms. The van der Waals surface area contributed by atoms with Gasteiger partial charge in [-0.15, -0.1) is 0 Å². The summed E-state index contributed by atoms with van der Waals surface area (Å²) in [5, 5.41) is 17.5. The summed E-state index contributed by atoms with van der Waals surface area (Å²) in [6, 6.07) is 9.72. The number of halogens is 1. The van der Waals surface area contributed by atoms with Gasteiger partial charge in [0.1, 0.15) is 0 Å². The smallest absolute Gasteiger partial charge is 0.271 e. The number of carbonyl (C=O) groups excluding carboxylic acids is 1. The van der Waals surface area contributed by atoms with Crippen molar-refractivity contribution in [1.82, 2.24) is 10.3 Å². The summed E-state index contributed by atoms with van der Waals surface area (Å²) in [6.07, 6.45) is 1.68. The number of carbonyl (C=O) groups is 1. The number of thioether (sulfide) groups is 1. The second kappa shape index (κ2) is 9.09. The van der Waals surface area contributed by atoms with Gasteiger partial charge in [-0.3, -0.25) is 14.9 Å². The second-order valence-corrected chi connectivity index (χ2v) is 6.06. The molecule has 0 atom stereocenters. The van der Waals surface area contributed by atoms with E-state index in [0.29, 0.717) is 18.8 Å². The molecule has 2 N–H and O–H groups in total. The minimum Gasteiger partial charge on any atom is -0.382 e. The number of nitro benzene ring substituents is 1. The van der Waals surface area contributed by atoms with E-state index in [1.807, 2.05) is 18.2 Å². The van der Waals surface area contributed by atoms with Gasteiger partial charge in [-0.05, 0) is 18.2 Å². The van der Waals surface area contributed by atoms with Crippen molar-refractivity contribution in [2.75, 3.05) is 24.2 Å². The Morgan fingerprint density at radius 2 is 2.12 bits per heavy atom. The highest BCUT2D eigenvalue weighted by atomic mass is 35.5. The number of amides is 1. The van der Waals surface area contributed by atoms with Crippen LogP contribution in [0.3, 0.4) is 0 Å². The zero-order valence-corrected chi connectivity index (χ0v) is 14.1. The lowest BCUT2D eigenvalue weighted by Crippen LogP contribution is -2.30. The Bertz CT molecular complexity index is 715. The molecule has 0 aliphatic rings. The number of non-ortho nitro benzene ring substituents is 1. The van der Waals surface area contributed by atoms with E-state index in [-0.39, 0.29) is 22.4 Å². The van der Waals surface area contributed by atoms with Gasteiger partial charge in [-0.2, -0.15) is 0 Å². The number of anilines is 1. The molecule has 0 spiro atoms. The molecule has 0 bridgehead atoms. The molecule has 2 aromatic rings. The number of rotatable bonds is 8. The predicted molar refractivity (Wildman–Crippen MR) is 94.6 cm³/mol. The molecule has 1 amide bonds. The van der Waals surface area contributed by atoms with Gasteiger partial charge in [0.2, 0.25) is 5.91 Å². The molecule has 0 fully saturated rings. The van der Waals surface area contributed by atoms with Crippen LogP contribution in [0.1, 0.15) is 0 Å². The molecule has 24 heavy (non-hydrogen) atoms. The third kappa shape index (κ3) is 5.71. The van der Waals surface area contributed by atoms with Gasteiger partial charge >= 0.3 is 0 Å². The van der Waals surface area contributed by atoms with Gasteiger partial charge in [0.25, 0.3) is 5.69 Å². The number of nitro groups is 1. The average Bonchev–Trinajstić information content (AvgIpc) is 2.58. The Morgan fingerprint density at radius 1 is 1.29 bits per heavy atom. The maximum absolute atomic E-state index is 11.7. The Labute approximate surface area is 148 Å². The minimum atomic E-state index is -0.505. The Kier molecular flexibility index (Phi) is 6.83. The third-order valence-corrected chi connectivity index (χ3v) is 4.17. The van der Waals surface area contributed by atoms with Crippen molar-refractivity contribution in [3.8, 4) is 0 Å². The zero-order valence-electron chi connectivity index (χ0n) is 12.6. The number of hydrogen-bond donors (Lipinski definition) is 2. The Balaban J connectivity index is 1.69. The van der Waals surface area contributed by atoms with E-state index in [1.165, 1.54) is 23.9 Å². The summed E-state index contributed by atoms with van der Waals surface area (Å²) in [5.41, 5.74) is 0.518. The number of nitrogens with zero attached hydrogens (tertiary/aromatic N) is 2. The lowest BCUT2D eigenvalue weighted by Gasteiger charge is -2.09. The molecule has 0 radical (unpaired) electrons. The fourth-order valence-corrected chi connectivity index (χ4v) is 2.72. The quantitative estimate of drug-likeness (QED) is 0.322. The molecule has 1 heterocycles. The van der Waals surface area contributed by atoms with Gasteiger partial charge < -0.3 is 10.6 Å². The summed E-state index contributed by atoms with van der Waals surface area (Å²) in [7, 11) is 0. The highest BCUT2D eigenvalue weighted by Gasteiger charge is 2.09. The van der Waals surface area contributed by atoms with E-state index in [1.54, 1.807) is 12.3 Å². The monoisotopic (exact) mass is 366 g/mol. The first-order chi connectivity index (χ1) is 11.6. The van der Waals surface area contributed by atoms with E-state index >= 15 is 0 Å². The van der Waals surface area contributed by atoms with E-state index in [9.17, 15) is 14.9 Å². The molecule has 0 saturated heterocycles. The molecule has 2 rings (SSSR count). The van der Waals surface area contributed by atoms with Crippen LogP contribution in [0.15, 0.2) is 47.6 Å². The van der Waals surface area contributed by atoms with Crippen molar-refractivity contribution in [3.63, 3.8) is 0 Å². The van der Waals surface area contributed by atoms with Gasteiger partial charge in [0, 0.05) is 31.4 Å². The van der Waals surface area contributed by atoms with Crippen molar-refractivity contribution in [2.45, 2.75) is 5.03 Å². The van der Waals surface area contributed by atoms with Crippen molar-refractivity contribution < 1.29 is 9.72 Å². The first-order valence-electron chi connectivity index (χ1n) is 7.04. The van der Waals surface area contributed by atoms with Crippen LogP contribution in [0, 0.1) is 10.1 Å². The van der Waals surface area contributed by atoms with Crippen molar-refractivity contribution in [1.29, 1.82) is 0 Å². The number of benzene rings is 1. The average molecular weight is 367 g/mol. The topological polar surface area (TPSA) is 97.2 Å². The zero-order chi connectivity index (χ0) is 17.4. The normalized spacial score (nSPS) is 10.2. The van der Waals surface area contributed by atoms with Gasteiger partial charge in [-0.25, -0.2) is 4.98 Å². The van der Waals surface area contributed by atoms with Crippen LogP contribution < -0.4 is 10.6 Å². The number of nitrogens with one attached hydrogen (secondary N) is 2. The molecule has 0 saturated carbocycles. The van der Waals surface area contributed by atoms with Crippen LogP contribution in [0.25, 0.3) is 0 Å². The van der Waals surface area contributed by atoms with Gasteiger partial charge in [-0.1, -0.05) is 29.4 Å². The summed E-state index contributed by atoms with van der Waals surface area (Å²) < 4.78 is 0. The molecule has 0 unspecified atom stereocenters. The standard InChI is InChI=1S/C15H15ClN4O3S/c16-12-9-11(20(22)23)4-5-13(12)17-7-8-18-14(21)10-24-15-3-1-2-6-19-15/h1-6,9,17H,7-8,10H2,(H,18,21). The fraction of sp³-hybridized carbons (Fsp3) is 0.200. The first kappa shape index (κ1) is 18.0. The molecule has 1 aromatic carbocycles. The van der Waals surface area contributed by atoms with Crippen LogP contribution in [-0.4, -0.2) is 34.7 Å².